The van der Waals surface area contributed by atoms with Crippen molar-refractivity contribution in [3.05, 3.63) is 33.1 Å². The minimum absolute atomic E-state index is 0.193. The summed E-state index contributed by atoms with van der Waals surface area (Å²) in [7, 11) is -2.17. The van der Waals surface area contributed by atoms with Crippen LogP contribution in [0.4, 0.5) is 0 Å². The van der Waals surface area contributed by atoms with E-state index >= 15 is 0 Å². The zero-order valence-corrected chi connectivity index (χ0v) is 21.3. The Hall–Kier alpha value is -1.26. The largest absolute Gasteiger partial charge is 0.413 e. The lowest BCUT2D eigenvalue weighted by Gasteiger charge is -2.50. The first-order valence-corrected chi connectivity index (χ1v) is 13.5. The first-order valence-electron chi connectivity index (χ1n) is 11.4. The average Bonchev–Trinajstić information content (AvgIpc) is 2.67. The third-order valence-electron chi connectivity index (χ3n) is 6.74. The van der Waals surface area contributed by atoms with Crippen LogP contribution in [0.3, 0.4) is 0 Å². The minimum Gasteiger partial charge on any atom is -0.413 e. The van der Waals surface area contributed by atoms with Gasteiger partial charge in [0.15, 0.2) is 14.5 Å². The van der Waals surface area contributed by atoms with Crippen LogP contribution in [0.25, 0.3) is 0 Å². The van der Waals surface area contributed by atoms with Gasteiger partial charge in [0.1, 0.15) is 5.60 Å². The Bertz CT molecular complexity index is 813. The van der Waals surface area contributed by atoms with Crippen molar-refractivity contribution in [2.45, 2.75) is 89.9 Å². The van der Waals surface area contributed by atoms with Crippen molar-refractivity contribution in [1.29, 1.82) is 0 Å². The zero-order chi connectivity index (χ0) is 23.6. The molecule has 1 saturated heterocycles. The SMILES string of the molecule is CC(C)N1C[C@H](n2ccc(=O)[nH]c2=O)O[C@@](CO)(CO[Si](C(C)C)(C(C)C)C(C)C)C1. The third-order valence-corrected chi connectivity index (χ3v) is 12.8. The van der Waals surface area contributed by atoms with Crippen molar-refractivity contribution >= 4 is 8.32 Å². The van der Waals surface area contributed by atoms with E-state index in [0.29, 0.717) is 29.7 Å². The molecular formula is C22H41N3O5Si. The predicted molar refractivity (Wildman–Crippen MR) is 125 cm³/mol. The van der Waals surface area contributed by atoms with Crippen LogP contribution in [-0.4, -0.2) is 65.8 Å². The lowest BCUT2D eigenvalue weighted by Crippen LogP contribution is -2.62. The van der Waals surface area contributed by atoms with Gasteiger partial charge in [-0.15, -0.1) is 0 Å². The molecule has 1 aromatic rings. The van der Waals surface area contributed by atoms with E-state index in [4.69, 9.17) is 9.16 Å². The van der Waals surface area contributed by atoms with Crippen LogP contribution in [0.1, 0.15) is 61.6 Å². The number of rotatable bonds is 9. The van der Waals surface area contributed by atoms with E-state index in [1.807, 2.05) is 0 Å². The van der Waals surface area contributed by atoms with Crippen LogP contribution >= 0.6 is 0 Å². The third kappa shape index (κ3) is 5.39. The van der Waals surface area contributed by atoms with Crippen molar-refractivity contribution in [3.63, 3.8) is 0 Å². The Morgan fingerprint density at radius 2 is 1.74 bits per heavy atom. The number of hydrogen-bond donors (Lipinski definition) is 2. The first-order chi connectivity index (χ1) is 14.4. The molecule has 1 fully saturated rings. The molecule has 1 aromatic heterocycles. The van der Waals surface area contributed by atoms with Crippen LogP contribution in [0.15, 0.2) is 21.9 Å². The Labute approximate surface area is 186 Å². The van der Waals surface area contributed by atoms with Crippen molar-refractivity contribution in [2.75, 3.05) is 26.3 Å². The van der Waals surface area contributed by atoms with E-state index < -0.39 is 31.4 Å². The van der Waals surface area contributed by atoms with Crippen LogP contribution in [0.5, 0.6) is 0 Å². The molecule has 0 aliphatic carbocycles. The molecule has 2 atom stereocenters. The van der Waals surface area contributed by atoms with Gasteiger partial charge in [0.2, 0.25) is 0 Å². The topological polar surface area (TPSA) is 96.8 Å². The molecular weight excluding hydrogens is 414 g/mol. The van der Waals surface area contributed by atoms with Crippen molar-refractivity contribution < 1.29 is 14.3 Å². The summed E-state index contributed by atoms with van der Waals surface area (Å²) in [4.78, 5) is 28.4. The van der Waals surface area contributed by atoms with Gasteiger partial charge in [-0.3, -0.25) is 19.2 Å². The zero-order valence-electron chi connectivity index (χ0n) is 20.3. The van der Waals surface area contributed by atoms with Crippen LogP contribution < -0.4 is 11.2 Å². The van der Waals surface area contributed by atoms with E-state index in [1.165, 1.54) is 16.8 Å². The van der Waals surface area contributed by atoms with Gasteiger partial charge in [-0.25, -0.2) is 4.79 Å². The number of nitrogens with one attached hydrogen (secondary N) is 1. The maximum Gasteiger partial charge on any atom is 0.330 e. The summed E-state index contributed by atoms with van der Waals surface area (Å²) < 4.78 is 14.6. The smallest absolute Gasteiger partial charge is 0.330 e. The summed E-state index contributed by atoms with van der Waals surface area (Å²) in [6, 6.07) is 1.50. The molecule has 1 aliphatic rings. The van der Waals surface area contributed by atoms with Gasteiger partial charge in [0.25, 0.3) is 5.56 Å². The summed E-state index contributed by atoms with van der Waals surface area (Å²) in [6.45, 7) is 18.5. The summed E-state index contributed by atoms with van der Waals surface area (Å²) in [5, 5.41) is 10.5. The Morgan fingerprint density at radius 3 is 2.19 bits per heavy atom. The highest BCUT2D eigenvalue weighted by atomic mass is 28.4. The quantitative estimate of drug-likeness (QED) is 0.556. The molecule has 0 radical (unpaired) electrons. The number of aromatic nitrogens is 2. The molecule has 0 aromatic carbocycles. The molecule has 9 heteroatoms. The summed E-state index contributed by atoms with van der Waals surface area (Å²) in [5.41, 5.74) is -0.705. The van der Waals surface area contributed by atoms with Gasteiger partial charge in [0, 0.05) is 31.4 Å². The van der Waals surface area contributed by atoms with Crippen molar-refractivity contribution in [3.8, 4) is 0 Å². The predicted octanol–water partition coefficient (Wildman–Crippen LogP) is 2.70. The number of ether oxygens (including phenoxy) is 1. The highest BCUT2D eigenvalue weighted by Crippen LogP contribution is 2.43. The van der Waals surface area contributed by atoms with Gasteiger partial charge < -0.3 is 14.3 Å². The molecule has 0 bridgehead atoms. The number of aliphatic hydroxyl groups is 1. The molecule has 0 spiro atoms. The fourth-order valence-corrected chi connectivity index (χ4v) is 10.7. The Balaban J connectivity index is 2.41. The second kappa shape index (κ2) is 10.1. The molecule has 178 valence electrons. The summed E-state index contributed by atoms with van der Waals surface area (Å²) in [6.07, 6.45) is 0.818. The Kier molecular flexibility index (Phi) is 8.49. The molecule has 2 N–H and O–H groups in total. The molecule has 31 heavy (non-hydrogen) atoms. The number of hydrogen-bond acceptors (Lipinski definition) is 6. The van der Waals surface area contributed by atoms with Crippen molar-refractivity contribution in [2.24, 2.45) is 0 Å². The average molecular weight is 456 g/mol. The molecule has 0 saturated carbocycles. The van der Waals surface area contributed by atoms with E-state index in [9.17, 15) is 14.7 Å². The number of aromatic amines is 1. The summed E-state index contributed by atoms with van der Waals surface area (Å²) in [5.74, 6) is 0. The maximum absolute atomic E-state index is 12.4. The summed E-state index contributed by atoms with van der Waals surface area (Å²) >= 11 is 0. The second-order valence-corrected chi connectivity index (χ2v) is 15.5. The molecule has 8 nitrogen and oxygen atoms in total. The van der Waals surface area contributed by atoms with Crippen molar-refractivity contribution in [1.82, 2.24) is 14.5 Å². The van der Waals surface area contributed by atoms with E-state index in [1.54, 1.807) is 0 Å². The van der Waals surface area contributed by atoms with Gasteiger partial charge in [0.05, 0.1) is 13.2 Å². The van der Waals surface area contributed by atoms with Crippen LogP contribution in [0.2, 0.25) is 16.6 Å². The number of morpholine rings is 1. The van der Waals surface area contributed by atoms with Gasteiger partial charge in [-0.05, 0) is 30.5 Å². The number of nitrogens with zero attached hydrogens (tertiary/aromatic N) is 2. The normalized spacial score (nSPS) is 23.5. The highest BCUT2D eigenvalue weighted by Gasteiger charge is 2.49. The lowest BCUT2D eigenvalue weighted by atomic mass is 10.0. The molecule has 2 rings (SSSR count). The monoisotopic (exact) mass is 455 g/mol. The standard InChI is InChI=1S/C22H41N3O5Si/c1-15(2)24-11-20(25-10-9-19(27)23-21(25)28)30-22(12-24,13-26)14-29-31(16(3)4,17(5)6)18(7)8/h9-10,15-18,20,26H,11-14H2,1-8H3,(H,23,27,28)/t20-,22+/m1/s1. The molecule has 2 heterocycles. The maximum atomic E-state index is 12.4. The van der Waals surface area contributed by atoms with Crippen LogP contribution in [-0.2, 0) is 9.16 Å². The van der Waals surface area contributed by atoms with Gasteiger partial charge in [-0.1, -0.05) is 41.5 Å². The molecule has 0 amide bonds. The van der Waals surface area contributed by atoms with E-state index in [2.05, 4.69) is 65.3 Å². The van der Waals surface area contributed by atoms with E-state index in [0.717, 1.165) is 0 Å². The fourth-order valence-electron chi connectivity index (χ4n) is 5.16. The highest BCUT2D eigenvalue weighted by molar-refractivity contribution is 6.77. The van der Waals surface area contributed by atoms with Gasteiger partial charge >= 0.3 is 5.69 Å². The molecule has 1 aliphatic heterocycles. The van der Waals surface area contributed by atoms with Crippen LogP contribution in [0, 0.1) is 0 Å². The number of aliphatic hydroxyl groups excluding tert-OH is 1. The fraction of sp³-hybridized carbons (Fsp3) is 0.818. The van der Waals surface area contributed by atoms with E-state index in [-0.39, 0.29) is 19.3 Å². The Morgan fingerprint density at radius 1 is 1.16 bits per heavy atom. The molecule has 0 unspecified atom stereocenters. The number of H-pyrrole nitrogens is 1. The second-order valence-electron chi connectivity index (χ2n) is 10.1. The van der Waals surface area contributed by atoms with Gasteiger partial charge in [-0.2, -0.15) is 0 Å². The first kappa shape index (κ1) is 26.0. The lowest BCUT2D eigenvalue weighted by molar-refractivity contribution is -0.217. The minimum atomic E-state index is -2.17.